The number of carbonyl (C=O) groups is 1. The number of amides is 1. The van der Waals surface area contributed by atoms with Gasteiger partial charge in [0.1, 0.15) is 11.1 Å². The molecule has 1 saturated heterocycles. The molecule has 1 atom stereocenters. The second kappa shape index (κ2) is 6.39. The number of carbonyl (C=O) groups excluding carboxylic acids is 1. The summed E-state index contributed by atoms with van der Waals surface area (Å²) in [6.45, 7) is 3.45. The molecule has 7 heteroatoms. The predicted molar refractivity (Wildman–Crippen MR) is 85.8 cm³/mol. The number of hydrogen-bond donors (Lipinski definition) is 1. The van der Waals surface area contributed by atoms with Crippen LogP contribution in [0.3, 0.4) is 0 Å². The van der Waals surface area contributed by atoms with E-state index in [2.05, 4.69) is 10.2 Å². The van der Waals surface area contributed by atoms with Crippen molar-refractivity contribution in [2.75, 3.05) is 18.9 Å². The van der Waals surface area contributed by atoms with Gasteiger partial charge in [-0.15, -0.1) is 10.2 Å². The quantitative estimate of drug-likeness (QED) is 0.687. The molecule has 1 aliphatic rings. The lowest BCUT2D eigenvalue weighted by Crippen LogP contribution is -2.31. The topological polar surface area (TPSA) is 77.0 Å². The molecule has 1 aromatic carbocycles. The third kappa shape index (κ3) is 2.94. The van der Waals surface area contributed by atoms with Crippen LogP contribution in [0.5, 0.6) is 0 Å². The van der Waals surface area contributed by atoms with Gasteiger partial charge >= 0.3 is 0 Å². The number of benzene rings is 1. The molecule has 116 valence electrons. The van der Waals surface area contributed by atoms with Crippen LogP contribution in [0.2, 0.25) is 0 Å². The maximum Gasteiger partial charge on any atom is 0.240 e. The van der Waals surface area contributed by atoms with Gasteiger partial charge in [-0.3, -0.25) is 4.79 Å². The van der Waals surface area contributed by atoms with Crippen molar-refractivity contribution in [2.45, 2.75) is 30.2 Å². The minimum absolute atomic E-state index is 0.120. The zero-order chi connectivity index (χ0) is 15.5. The highest BCUT2D eigenvalue weighted by molar-refractivity contribution is 8.00. The van der Waals surface area contributed by atoms with Crippen molar-refractivity contribution in [1.82, 2.24) is 19.8 Å². The molecule has 1 fully saturated rings. The summed E-state index contributed by atoms with van der Waals surface area (Å²) in [5.41, 5.74) is 0.963. The highest BCUT2D eigenvalue weighted by Gasteiger charge is 2.30. The number of aromatic nitrogens is 3. The molecular weight excluding hydrogens is 298 g/mol. The Hall–Kier alpha value is -2.02. The molecule has 6 nitrogen and oxygen atoms in total. The van der Waals surface area contributed by atoms with E-state index >= 15 is 0 Å². The van der Waals surface area contributed by atoms with E-state index in [4.69, 9.17) is 5.84 Å². The summed E-state index contributed by atoms with van der Waals surface area (Å²) < 4.78 is 1.43. The Bertz CT molecular complexity index is 651. The Morgan fingerprint density at radius 3 is 2.50 bits per heavy atom. The van der Waals surface area contributed by atoms with Crippen molar-refractivity contribution in [3.05, 3.63) is 41.7 Å². The average molecular weight is 317 g/mol. The molecule has 3 rings (SSSR count). The summed E-state index contributed by atoms with van der Waals surface area (Å²) in [6.07, 6.45) is 2.15. The van der Waals surface area contributed by atoms with Crippen LogP contribution in [0.4, 0.5) is 0 Å². The minimum Gasteiger partial charge on any atom is -0.341 e. The number of aryl methyl sites for hydroxylation is 1. The largest absolute Gasteiger partial charge is 0.341 e. The fraction of sp³-hybridized carbons (Fsp3) is 0.400. The number of hydrogen-bond acceptors (Lipinski definition) is 5. The lowest BCUT2D eigenvalue weighted by Gasteiger charge is -2.22. The number of nitrogen functional groups attached to an aromatic ring is 1. The smallest absolute Gasteiger partial charge is 0.240 e. The Labute approximate surface area is 133 Å². The number of nitrogens with zero attached hydrogens (tertiary/aromatic N) is 4. The highest BCUT2D eigenvalue weighted by Crippen LogP contribution is 2.36. The number of thioether (sulfide) groups is 1. The molecular formula is C15H19N5OS. The molecule has 1 amide bonds. The van der Waals surface area contributed by atoms with E-state index in [1.165, 1.54) is 16.4 Å². The van der Waals surface area contributed by atoms with Crippen LogP contribution in [-0.2, 0) is 4.79 Å². The van der Waals surface area contributed by atoms with Gasteiger partial charge in [0.25, 0.3) is 0 Å². The van der Waals surface area contributed by atoms with Crippen molar-refractivity contribution < 1.29 is 4.79 Å². The normalized spacial score (nSPS) is 16.0. The van der Waals surface area contributed by atoms with Crippen LogP contribution >= 0.6 is 11.8 Å². The lowest BCUT2D eigenvalue weighted by atomic mass is 10.1. The number of rotatable bonds is 4. The van der Waals surface area contributed by atoms with E-state index in [1.807, 2.05) is 35.2 Å². The molecule has 0 spiro atoms. The van der Waals surface area contributed by atoms with E-state index in [-0.39, 0.29) is 11.2 Å². The lowest BCUT2D eigenvalue weighted by molar-refractivity contribution is -0.129. The van der Waals surface area contributed by atoms with Crippen LogP contribution in [0.15, 0.2) is 35.5 Å². The van der Waals surface area contributed by atoms with E-state index in [0.717, 1.165) is 31.5 Å². The molecule has 2 N–H and O–H groups in total. The van der Waals surface area contributed by atoms with Gasteiger partial charge in [0.2, 0.25) is 11.1 Å². The molecule has 2 aromatic rings. The van der Waals surface area contributed by atoms with Crippen LogP contribution < -0.4 is 5.84 Å². The van der Waals surface area contributed by atoms with E-state index in [9.17, 15) is 4.79 Å². The van der Waals surface area contributed by atoms with E-state index in [0.29, 0.717) is 11.0 Å². The number of likely N-dealkylation sites (tertiary alicyclic amines) is 1. The van der Waals surface area contributed by atoms with Gasteiger partial charge in [0, 0.05) is 13.1 Å². The molecule has 0 bridgehead atoms. The molecule has 1 aliphatic heterocycles. The predicted octanol–water partition coefficient (Wildman–Crippen LogP) is 1.76. The first kappa shape index (κ1) is 14.9. The molecule has 0 saturated carbocycles. The second-order valence-electron chi connectivity index (χ2n) is 5.34. The van der Waals surface area contributed by atoms with Crippen molar-refractivity contribution in [3.8, 4) is 0 Å². The maximum atomic E-state index is 12.9. The standard InChI is InChI=1S/C15H19N5OS/c1-11-17-18-15(20(11)16)22-13(12-7-3-2-4-8-12)14(21)19-9-5-6-10-19/h2-4,7-8,13H,5-6,9-10,16H2,1H3. The fourth-order valence-electron chi connectivity index (χ4n) is 2.53. The molecule has 2 heterocycles. The first-order valence-corrected chi connectivity index (χ1v) is 8.22. The summed E-state index contributed by atoms with van der Waals surface area (Å²) in [6, 6.07) is 9.77. The summed E-state index contributed by atoms with van der Waals surface area (Å²) in [5, 5.41) is 8.24. The fourth-order valence-corrected chi connectivity index (χ4v) is 3.62. The summed E-state index contributed by atoms with van der Waals surface area (Å²) >= 11 is 1.36. The van der Waals surface area contributed by atoms with Gasteiger partial charge in [0.15, 0.2) is 0 Å². The van der Waals surface area contributed by atoms with Crippen molar-refractivity contribution in [3.63, 3.8) is 0 Å². The van der Waals surface area contributed by atoms with Gasteiger partial charge in [0.05, 0.1) is 0 Å². The average Bonchev–Trinajstić information content (AvgIpc) is 3.18. The monoisotopic (exact) mass is 317 g/mol. The molecule has 0 radical (unpaired) electrons. The molecule has 1 unspecified atom stereocenters. The van der Waals surface area contributed by atoms with Gasteiger partial charge in [-0.05, 0) is 25.3 Å². The SMILES string of the molecule is Cc1nnc(SC(C(=O)N2CCCC2)c2ccccc2)n1N. The highest BCUT2D eigenvalue weighted by atomic mass is 32.2. The Morgan fingerprint density at radius 1 is 1.23 bits per heavy atom. The van der Waals surface area contributed by atoms with Gasteiger partial charge < -0.3 is 10.7 Å². The van der Waals surface area contributed by atoms with Crippen LogP contribution in [0, 0.1) is 6.92 Å². The minimum atomic E-state index is -0.342. The maximum absolute atomic E-state index is 12.9. The summed E-state index contributed by atoms with van der Waals surface area (Å²) in [4.78, 5) is 14.8. The van der Waals surface area contributed by atoms with Crippen molar-refractivity contribution in [2.24, 2.45) is 0 Å². The van der Waals surface area contributed by atoms with Gasteiger partial charge in [-0.1, -0.05) is 42.1 Å². The first-order chi connectivity index (χ1) is 10.7. The zero-order valence-corrected chi connectivity index (χ0v) is 13.3. The summed E-state index contributed by atoms with van der Waals surface area (Å²) in [5.74, 6) is 6.68. The third-order valence-electron chi connectivity index (χ3n) is 3.80. The molecule has 0 aliphatic carbocycles. The second-order valence-corrected chi connectivity index (χ2v) is 6.41. The van der Waals surface area contributed by atoms with Crippen molar-refractivity contribution in [1.29, 1.82) is 0 Å². The zero-order valence-electron chi connectivity index (χ0n) is 12.5. The van der Waals surface area contributed by atoms with Crippen LogP contribution in [0.25, 0.3) is 0 Å². The Kier molecular flexibility index (Phi) is 4.33. The van der Waals surface area contributed by atoms with Crippen LogP contribution in [-0.4, -0.2) is 38.8 Å². The number of nitrogens with two attached hydrogens (primary N) is 1. The van der Waals surface area contributed by atoms with Crippen molar-refractivity contribution >= 4 is 17.7 Å². The summed E-state index contributed by atoms with van der Waals surface area (Å²) in [7, 11) is 0. The Morgan fingerprint density at radius 2 is 1.91 bits per heavy atom. The van der Waals surface area contributed by atoms with Crippen LogP contribution in [0.1, 0.15) is 29.5 Å². The first-order valence-electron chi connectivity index (χ1n) is 7.34. The molecule has 1 aromatic heterocycles. The van der Waals surface area contributed by atoms with E-state index in [1.54, 1.807) is 6.92 Å². The van der Waals surface area contributed by atoms with Gasteiger partial charge in [-0.2, -0.15) is 0 Å². The van der Waals surface area contributed by atoms with Gasteiger partial charge in [-0.25, -0.2) is 4.68 Å². The molecule has 22 heavy (non-hydrogen) atoms. The third-order valence-corrected chi connectivity index (χ3v) is 5.00. The van der Waals surface area contributed by atoms with E-state index < -0.39 is 0 Å². The Balaban J connectivity index is 1.89.